The lowest BCUT2D eigenvalue weighted by Gasteiger charge is -2.15. The molecule has 7 heteroatoms. The first-order chi connectivity index (χ1) is 8.91. The molecule has 1 fully saturated rings. The third kappa shape index (κ3) is 3.30. The van der Waals surface area contributed by atoms with Gasteiger partial charge in [-0.25, -0.2) is 8.42 Å². The topological polar surface area (TPSA) is 70.2 Å². The highest BCUT2D eigenvalue weighted by atomic mass is 35.7. The van der Waals surface area contributed by atoms with Crippen molar-refractivity contribution in [2.75, 3.05) is 13.1 Å². The van der Waals surface area contributed by atoms with Crippen LogP contribution in [0.2, 0.25) is 0 Å². The number of nitrogens with zero attached hydrogens (tertiary/aromatic N) is 1. The summed E-state index contributed by atoms with van der Waals surface area (Å²) < 4.78 is 22.3. The van der Waals surface area contributed by atoms with Gasteiger partial charge in [-0.3, -0.25) is 4.79 Å². The Kier molecular flexibility index (Phi) is 4.20. The van der Waals surface area contributed by atoms with Crippen LogP contribution in [0.25, 0.3) is 0 Å². The number of halogens is 1. The highest BCUT2D eigenvalue weighted by Crippen LogP contribution is 2.23. The van der Waals surface area contributed by atoms with E-state index in [0.29, 0.717) is 5.92 Å². The van der Waals surface area contributed by atoms with Crippen LogP contribution in [0, 0.1) is 5.92 Å². The molecule has 1 aliphatic heterocycles. The minimum Gasteiger partial charge on any atom is -0.356 e. The third-order valence-corrected chi connectivity index (χ3v) is 4.77. The van der Waals surface area contributed by atoms with Gasteiger partial charge in [0.05, 0.1) is 0 Å². The third-order valence-electron chi connectivity index (χ3n) is 3.44. The van der Waals surface area contributed by atoms with E-state index in [0.717, 1.165) is 32.4 Å². The van der Waals surface area contributed by atoms with Crippen molar-refractivity contribution in [3.8, 4) is 0 Å². The van der Waals surface area contributed by atoms with Gasteiger partial charge in [0.15, 0.2) is 0 Å². The maximum atomic E-state index is 12.2. The van der Waals surface area contributed by atoms with E-state index in [1.165, 1.54) is 12.3 Å². The van der Waals surface area contributed by atoms with Crippen LogP contribution in [0.1, 0.15) is 36.7 Å². The van der Waals surface area contributed by atoms with Gasteiger partial charge >= 0.3 is 0 Å². The Morgan fingerprint density at radius 2 is 2.32 bits per heavy atom. The second-order valence-corrected chi connectivity index (χ2v) is 7.45. The van der Waals surface area contributed by atoms with E-state index >= 15 is 0 Å². The number of hydrogen-bond donors (Lipinski definition) is 1. The van der Waals surface area contributed by atoms with Gasteiger partial charge in [-0.15, -0.1) is 0 Å². The first-order valence-corrected chi connectivity index (χ1v) is 8.65. The van der Waals surface area contributed by atoms with Gasteiger partial charge in [-0.05, 0) is 24.8 Å². The molecule has 1 amide bonds. The summed E-state index contributed by atoms with van der Waals surface area (Å²) >= 11 is 0. The molecule has 19 heavy (non-hydrogen) atoms. The van der Waals surface area contributed by atoms with Crippen molar-refractivity contribution in [2.24, 2.45) is 5.92 Å². The normalized spacial score (nSPS) is 19.9. The molecule has 2 heterocycles. The standard InChI is InChI=1S/C12H17ClN2O3S/c1-2-3-9-4-5-15(8-9)12(16)11-6-10(7-14-11)19(13,17)18/h6-7,9,14H,2-5,8H2,1H3. The van der Waals surface area contributed by atoms with Gasteiger partial charge in [0, 0.05) is 30.0 Å². The lowest BCUT2D eigenvalue weighted by molar-refractivity contribution is 0.0781. The van der Waals surface area contributed by atoms with Crippen LogP contribution < -0.4 is 0 Å². The molecule has 1 unspecified atom stereocenters. The quantitative estimate of drug-likeness (QED) is 0.867. The van der Waals surface area contributed by atoms with E-state index in [4.69, 9.17) is 10.7 Å². The Morgan fingerprint density at radius 3 is 2.89 bits per heavy atom. The Bertz CT molecular complexity index is 567. The summed E-state index contributed by atoms with van der Waals surface area (Å²) in [5.74, 6) is 0.394. The van der Waals surface area contributed by atoms with Crippen LogP contribution >= 0.6 is 10.7 Å². The smallest absolute Gasteiger partial charge is 0.270 e. The van der Waals surface area contributed by atoms with E-state index in [-0.39, 0.29) is 16.5 Å². The number of hydrogen-bond acceptors (Lipinski definition) is 3. The number of carbonyl (C=O) groups excluding carboxylic acids is 1. The van der Waals surface area contributed by atoms with Crippen molar-refractivity contribution in [2.45, 2.75) is 31.1 Å². The lowest BCUT2D eigenvalue weighted by Crippen LogP contribution is -2.28. The molecule has 0 aliphatic carbocycles. The minimum atomic E-state index is -3.79. The second-order valence-electron chi connectivity index (χ2n) is 4.88. The monoisotopic (exact) mass is 304 g/mol. The summed E-state index contributed by atoms with van der Waals surface area (Å²) in [6.07, 6.45) is 4.50. The van der Waals surface area contributed by atoms with Crippen LogP contribution in [0.4, 0.5) is 0 Å². The Balaban J connectivity index is 2.07. The van der Waals surface area contributed by atoms with Gasteiger partial charge in [-0.1, -0.05) is 13.3 Å². The van der Waals surface area contributed by atoms with Crippen LogP contribution in [0.15, 0.2) is 17.2 Å². The summed E-state index contributed by atoms with van der Waals surface area (Å²) in [5, 5.41) is 0. The number of likely N-dealkylation sites (tertiary alicyclic amines) is 1. The SMILES string of the molecule is CCCC1CCN(C(=O)c2cc(S(=O)(=O)Cl)c[nH]2)C1. The average Bonchev–Trinajstić information content (AvgIpc) is 2.96. The highest BCUT2D eigenvalue weighted by Gasteiger charge is 2.27. The predicted molar refractivity (Wildman–Crippen MR) is 72.8 cm³/mol. The van der Waals surface area contributed by atoms with E-state index in [2.05, 4.69) is 11.9 Å². The Morgan fingerprint density at radius 1 is 1.58 bits per heavy atom. The van der Waals surface area contributed by atoms with Crippen molar-refractivity contribution in [3.05, 3.63) is 18.0 Å². The van der Waals surface area contributed by atoms with Crippen molar-refractivity contribution >= 4 is 25.6 Å². The fourth-order valence-corrected chi connectivity index (χ4v) is 3.20. The molecule has 1 aromatic rings. The molecule has 0 aromatic carbocycles. The van der Waals surface area contributed by atoms with Crippen LogP contribution in [-0.4, -0.2) is 37.3 Å². The number of carbonyl (C=O) groups is 1. The molecule has 1 aromatic heterocycles. The maximum Gasteiger partial charge on any atom is 0.270 e. The molecule has 0 radical (unpaired) electrons. The molecule has 1 saturated heterocycles. The van der Waals surface area contributed by atoms with Gasteiger partial charge in [0.2, 0.25) is 0 Å². The first-order valence-electron chi connectivity index (χ1n) is 6.34. The molecule has 0 saturated carbocycles. The summed E-state index contributed by atoms with van der Waals surface area (Å²) in [6.45, 7) is 3.60. The average molecular weight is 305 g/mol. The highest BCUT2D eigenvalue weighted by molar-refractivity contribution is 8.13. The largest absolute Gasteiger partial charge is 0.356 e. The zero-order valence-corrected chi connectivity index (χ0v) is 12.3. The maximum absolute atomic E-state index is 12.2. The summed E-state index contributed by atoms with van der Waals surface area (Å²) in [6, 6.07) is 1.29. The number of aromatic nitrogens is 1. The molecule has 1 N–H and O–H groups in total. The van der Waals surface area contributed by atoms with E-state index < -0.39 is 9.05 Å². The van der Waals surface area contributed by atoms with Crippen molar-refractivity contribution in [3.63, 3.8) is 0 Å². The lowest BCUT2D eigenvalue weighted by atomic mass is 10.0. The number of rotatable bonds is 4. The first kappa shape index (κ1) is 14.4. The molecule has 5 nitrogen and oxygen atoms in total. The number of aromatic amines is 1. The zero-order valence-electron chi connectivity index (χ0n) is 10.7. The molecule has 2 rings (SSSR count). The molecule has 0 spiro atoms. The minimum absolute atomic E-state index is 0.0678. The fourth-order valence-electron chi connectivity index (χ4n) is 2.47. The number of amides is 1. The van der Waals surface area contributed by atoms with Gasteiger partial charge in [0.25, 0.3) is 15.0 Å². The van der Waals surface area contributed by atoms with Gasteiger partial charge < -0.3 is 9.88 Å². The van der Waals surface area contributed by atoms with Gasteiger partial charge in [0.1, 0.15) is 10.6 Å². The molecular weight excluding hydrogens is 288 g/mol. The Labute approximate surface area is 117 Å². The van der Waals surface area contributed by atoms with Gasteiger partial charge in [-0.2, -0.15) is 0 Å². The fraction of sp³-hybridized carbons (Fsp3) is 0.583. The number of nitrogens with one attached hydrogen (secondary N) is 1. The van der Waals surface area contributed by atoms with E-state index in [1.807, 2.05) is 0 Å². The predicted octanol–water partition coefficient (Wildman–Crippen LogP) is 2.20. The zero-order chi connectivity index (χ0) is 14.0. The summed E-state index contributed by atoms with van der Waals surface area (Å²) in [4.78, 5) is 16.6. The van der Waals surface area contributed by atoms with Crippen molar-refractivity contribution < 1.29 is 13.2 Å². The number of H-pyrrole nitrogens is 1. The van der Waals surface area contributed by atoms with Crippen molar-refractivity contribution in [1.82, 2.24) is 9.88 Å². The molecule has 0 bridgehead atoms. The van der Waals surface area contributed by atoms with E-state index in [1.54, 1.807) is 4.90 Å². The molecule has 106 valence electrons. The van der Waals surface area contributed by atoms with Crippen molar-refractivity contribution in [1.29, 1.82) is 0 Å². The van der Waals surface area contributed by atoms with Crippen LogP contribution in [-0.2, 0) is 9.05 Å². The molecule has 1 atom stereocenters. The second kappa shape index (κ2) is 5.54. The molecule has 1 aliphatic rings. The van der Waals surface area contributed by atoms with Crippen LogP contribution in [0.3, 0.4) is 0 Å². The van der Waals surface area contributed by atoms with E-state index in [9.17, 15) is 13.2 Å². The Hall–Kier alpha value is -1.01. The van der Waals surface area contributed by atoms with Crippen LogP contribution in [0.5, 0.6) is 0 Å². The molecular formula is C12H17ClN2O3S. The summed E-state index contributed by atoms with van der Waals surface area (Å²) in [7, 11) is 1.44. The summed E-state index contributed by atoms with van der Waals surface area (Å²) in [5.41, 5.74) is 0.274.